The molecule has 0 amide bonds. The highest BCUT2D eigenvalue weighted by Crippen LogP contribution is 2.25. The maximum Gasteiger partial charge on any atom is 0.248 e. The van der Waals surface area contributed by atoms with Crippen LogP contribution in [0.4, 0.5) is 0 Å². The molecule has 2 aromatic rings. The fourth-order valence-electron chi connectivity index (χ4n) is 2.19. The molecule has 2 atom stereocenters. The minimum atomic E-state index is -0.371. The van der Waals surface area contributed by atoms with Gasteiger partial charge in [0.1, 0.15) is 6.04 Å². The second-order valence-corrected chi connectivity index (χ2v) is 4.94. The van der Waals surface area contributed by atoms with Crippen molar-refractivity contribution < 1.29 is 9.26 Å². The van der Waals surface area contributed by atoms with Crippen LogP contribution in [0.25, 0.3) is 0 Å². The number of aromatic nitrogens is 2. The number of ether oxygens (including phenoxy) is 1. The molecule has 2 N–H and O–H groups in total. The van der Waals surface area contributed by atoms with Crippen LogP contribution in [0.1, 0.15) is 41.2 Å². The molecule has 0 aliphatic carbocycles. The van der Waals surface area contributed by atoms with Gasteiger partial charge in [0.2, 0.25) is 5.89 Å². The molecule has 5 nitrogen and oxygen atoms in total. The summed E-state index contributed by atoms with van der Waals surface area (Å²) in [7, 11) is 0. The Morgan fingerprint density at radius 3 is 2.79 bits per heavy atom. The lowest BCUT2D eigenvalue weighted by atomic mass is 10.1. The van der Waals surface area contributed by atoms with Crippen LogP contribution in [-0.2, 0) is 4.74 Å². The first-order valence-corrected chi connectivity index (χ1v) is 6.47. The van der Waals surface area contributed by atoms with Crippen LogP contribution in [-0.4, -0.2) is 23.4 Å². The largest absolute Gasteiger partial charge is 0.381 e. The average molecular weight is 259 g/mol. The van der Waals surface area contributed by atoms with Crippen molar-refractivity contribution in [3.63, 3.8) is 0 Å². The molecule has 2 heterocycles. The van der Waals surface area contributed by atoms with E-state index in [9.17, 15) is 0 Å². The van der Waals surface area contributed by atoms with Gasteiger partial charge < -0.3 is 15.0 Å². The van der Waals surface area contributed by atoms with Gasteiger partial charge in [-0.15, -0.1) is 0 Å². The van der Waals surface area contributed by atoms with Crippen molar-refractivity contribution in [1.29, 1.82) is 0 Å². The predicted octanol–water partition coefficient (Wildman–Crippen LogP) is 1.93. The molecule has 1 aromatic heterocycles. The van der Waals surface area contributed by atoms with Crippen LogP contribution in [0.5, 0.6) is 0 Å². The lowest BCUT2D eigenvalue weighted by Crippen LogP contribution is -2.12. The molecule has 3 rings (SSSR count). The number of aryl methyl sites for hydroxylation is 1. The molecule has 19 heavy (non-hydrogen) atoms. The molecule has 1 aromatic carbocycles. The summed E-state index contributed by atoms with van der Waals surface area (Å²) in [4.78, 5) is 4.41. The quantitative estimate of drug-likeness (QED) is 0.911. The summed E-state index contributed by atoms with van der Waals surface area (Å²) in [6, 6.07) is 7.66. The van der Waals surface area contributed by atoms with Crippen molar-refractivity contribution in [1.82, 2.24) is 10.1 Å². The Kier molecular flexibility index (Phi) is 3.31. The highest BCUT2D eigenvalue weighted by molar-refractivity contribution is 5.27. The predicted molar refractivity (Wildman–Crippen MR) is 69.7 cm³/mol. The SMILES string of the molecule is Cc1ccc(C(N)c2nc(C3CCOC3)no2)cc1. The van der Waals surface area contributed by atoms with Gasteiger partial charge in [-0.25, -0.2) is 0 Å². The minimum absolute atomic E-state index is 0.239. The van der Waals surface area contributed by atoms with Crippen molar-refractivity contribution in [3.05, 3.63) is 47.1 Å². The van der Waals surface area contributed by atoms with Crippen molar-refractivity contribution in [3.8, 4) is 0 Å². The Balaban J connectivity index is 1.79. The van der Waals surface area contributed by atoms with E-state index >= 15 is 0 Å². The standard InChI is InChI=1S/C14H17N3O2/c1-9-2-4-10(5-3-9)12(15)14-16-13(17-19-14)11-6-7-18-8-11/h2-5,11-12H,6-8,15H2,1H3. The van der Waals surface area contributed by atoms with Gasteiger partial charge in [0.05, 0.1) is 6.61 Å². The van der Waals surface area contributed by atoms with E-state index in [1.807, 2.05) is 31.2 Å². The summed E-state index contributed by atoms with van der Waals surface area (Å²) in [5.74, 6) is 1.41. The second-order valence-electron chi connectivity index (χ2n) is 4.94. The molecule has 100 valence electrons. The molecule has 0 saturated carbocycles. The monoisotopic (exact) mass is 259 g/mol. The maximum absolute atomic E-state index is 6.15. The number of nitrogens with zero attached hydrogens (tertiary/aromatic N) is 2. The molecule has 1 fully saturated rings. The van der Waals surface area contributed by atoms with Crippen LogP contribution in [0.2, 0.25) is 0 Å². The molecule has 1 aliphatic rings. The molecule has 5 heteroatoms. The number of hydrogen-bond donors (Lipinski definition) is 1. The molecule has 0 spiro atoms. The van der Waals surface area contributed by atoms with Crippen LogP contribution in [0, 0.1) is 6.92 Å². The smallest absolute Gasteiger partial charge is 0.248 e. The third-order valence-electron chi connectivity index (χ3n) is 3.45. The lowest BCUT2D eigenvalue weighted by Gasteiger charge is -2.07. The minimum Gasteiger partial charge on any atom is -0.381 e. The van der Waals surface area contributed by atoms with E-state index in [4.69, 9.17) is 15.0 Å². The Labute approximate surface area is 111 Å². The molecular weight excluding hydrogens is 242 g/mol. The van der Waals surface area contributed by atoms with Crippen molar-refractivity contribution in [2.24, 2.45) is 5.73 Å². The van der Waals surface area contributed by atoms with E-state index < -0.39 is 0 Å². The summed E-state index contributed by atoms with van der Waals surface area (Å²) >= 11 is 0. The lowest BCUT2D eigenvalue weighted by molar-refractivity contribution is 0.192. The molecular formula is C14H17N3O2. The first-order valence-electron chi connectivity index (χ1n) is 6.47. The first kappa shape index (κ1) is 12.3. The summed E-state index contributed by atoms with van der Waals surface area (Å²) in [5, 5.41) is 4.02. The zero-order valence-corrected chi connectivity index (χ0v) is 10.9. The number of nitrogens with two attached hydrogens (primary N) is 1. The van der Waals surface area contributed by atoms with Gasteiger partial charge in [-0.1, -0.05) is 35.0 Å². The van der Waals surface area contributed by atoms with Crippen molar-refractivity contribution >= 4 is 0 Å². The maximum atomic E-state index is 6.15. The molecule has 2 unspecified atom stereocenters. The normalized spacial score (nSPS) is 20.6. The molecule has 0 radical (unpaired) electrons. The Morgan fingerprint density at radius 2 is 2.11 bits per heavy atom. The third kappa shape index (κ3) is 2.52. The third-order valence-corrected chi connectivity index (χ3v) is 3.45. The van der Waals surface area contributed by atoms with E-state index in [0.717, 1.165) is 18.6 Å². The number of benzene rings is 1. The van der Waals surface area contributed by atoms with Crippen LogP contribution < -0.4 is 5.73 Å². The van der Waals surface area contributed by atoms with Crippen LogP contribution >= 0.6 is 0 Å². The Bertz CT molecular complexity index is 544. The van der Waals surface area contributed by atoms with Crippen LogP contribution in [0.3, 0.4) is 0 Å². The Hall–Kier alpha value is -1.72. The summed E-state index contributed by atoms with van der Waals surface area (Å²) in [6.45, 7) is 3.47. The van der Waals surface area contributed by atoms with E-state index in [1.54, 1.807) is 0 Å². The second kappa shape index (κ2) is 5.11. The fraction of sp³-hybridized carbons (Fsp3) is 0.429. The van der Waals surface area contributed by atoms with E-state index in [-0.39, 0.29) is 12.0 Å². The Morgan fingerprint density at radius 1 is 1.32 bits per heavy atom. The van der Waals surface area contributed by atoms with Gasteiger partial charge in [-0.05, 0) is 18.9 Å². The van der Waals surface area contributed by atoms with Gasteiger partial charge in [0.25, 0.3) is 0 Å². The summed E-state index contributed by atoms with van der Waals surface area (Å²) < 4.78 is 10.6. The van der Waals surface area contributed by atoms with Gasteiger partial charge in [0, 0.05) is 12.5 Å². The molecule has 1 saturated heterocycles. The van der Waals surface area contributed by atoms with Gasteiger partial charge in [-0.3, -0.25) is 0 Å². The summed E-state index contributed by atoms with van der Waals surface area (Å²) in [5.41, 5.74) is 8.33. The van der Waals surface area contributed by atoms with Gasteiger partial charge in [-0.2, -0.15) is 4.98 Å². The first-order chi connectivity index (χ1) is 9.24. The number of rotatable bonds is 3. The zero-order valence-electron chi connectivity index (χ0n) is 10.9. The average Bonchev–Trinajstić information content (AvgIpc) is 3.10. The molecule has 0 bridgehead atoms. The highest BCUT2D eigenvalue weighted by Gasteiger charge is 2.25. The molecule has 1 aliphatic heterocycles. The van der Waals surface area contributed by atoms with Crippen molar-refractivity contribution in [2.45, 2.75) is 25.3 Å². The van der Waals surface area contributed by atoms with E-state index in [1.165, 1.54) is 5.56 Å². The number of hydrogen-bond acceptors (Lipinski definition) is 5. The fourth-order valence-corrected chi connectivity index (χ4v) is 2.19. The van der Waals surface area contributed by atoms with Gasteiger partial charge >= 0.3 is 0 Å². The van der Waals surface area contributed by atoms with Crippen molar-refractivity contribution in [2.75, 3.05) is 13.2 Å². The zero-order chi connectivity index (χ0) is 13.2. The van der Waals surface area contributed by atoms with E-state index in [2.05, 4.69) is 10.1 Å². The van der Waals surface area contributed by atoms with E-state index in [0.29, 0.717) is 18.3 Å². The highest BCUT2D eigenvalue weighted by atomic mass is 16.5. The van der Waals surface area contributed by atoms with Crippen LogP contribution in [0.15, 0.2) is 28.8 Å². The summed E-state index contributed by atoms with van der Waals surface area (Å²) in [6.07, 6.45) is 0.943. The topological polar surface area (TPSA) is 74.2 Å². The van der Waals surface area contributed by atoms with Gasteiger partial charge in [0.15, 0.2) is 5.82 Å².